The number of amides is 2. The van der Waals surface area contributed by atoms with Crippen molar-refractivity contribution < 1.29 is 23.2 Å². The summed E-state index contributed by atoms with van der Waals surface area (Å²) < 4.78 is 24.0. The summed E-state index contributed by atoms with van der Waals surface area (Å²) in [6.45, 7) is 10.1. The fourth-order valence-corrected chi connectivity index (χ4v) is 4.22. The van der Waals surface area contributed by atoms with Crippen LogP contribution in [-0.4, -0.2) is 35.8 Å². The molecule has 0 heterocycles. The molecule has 0 aliphatic heterocycles. The van der Waals surface area contributed by atoms with E-state index in [4.69, 9.17) is 9.05 Å². The number of hydrogen-bond acceptors (Lipinski definition) is 5. The van der Waals surface area contributed by atoms with Crippen LogP contribution in [-0.2, 0) is 29.6 Å². The molecule has 1 rings (SSSR count). The number of nitrogens with one attached hydrogen (secondary N) is 2. The largest absolute Gasteiger partial charge is 0.352 e. The molecular weight excluding hydrogens is 367 g/mol. The van der Waals surface area contributed by atoms with E-state index in [9.17, 15) is 14.2 Å². The molecule has 8 heteroatoms. The number of benzene rings is 1. The smallest absolute Gasteiger partial charge is 0.344 e. The van der Waals surface area contributed by atoms with Crippen molar-refractivity contribution in [2.75, 3.05) is 0 Å². The molecule has 152 valence electrons. The summed E-state index contributed by atoms with van der Waals surface area (Å²) in [7, 11) is -3.55. The van der Waals surface area contributed by atoms with Crippen LogP contribution in [0.3, 0.4) is 0 Å². The van der Waals surface area contributed by atoms with Crippen LogP contribution in [0.1, 0.15) is 47.1 Å². The van der Waals surface area contributed by atoms with E-state index in [0.717, 1.165) is 5.56 Å². The summed E-state index contributed by atoms with van der Waals surface area (Å²) in [6.07, 6.45) is -0.465. The van der Waals surface area contributed by atoms with Gasteiger partial charge in [-0.1, -0.05) is 30.3 Å². The summed E-state index contributed by atoms with van der Waals surface area (Å²) in [5.74, 6) is -1.57. The Hall–Kier alpha value is -1.69. The molecule has 0 aliphatic rings. The molecule has 0 bridgehead atoms. The molecule has 2 atom stereocenters. The van der Waals surface area contributed by atoms with Crippen molar-refractivity contribution in [1.29, 1.82) is 0 Å². The van der Waals surface area contributed by atoms with E-state index >= 15 is 0 Å². The van der Waals surface area contributed by atoms with E-state index in [1.807, 2.05) is 30.3 Å². The first-order valence-corrected chi connectivity index (χ1v) is 10.7. The maximum atomic E-state index is 13.0. The van der Waals surface area contributed by atoms with Gasteiger partial charge in [0.1, 0.15) is 11.8 Å². The molecule has 2 amide bonds. The average molecular weight is 398 g/mol. The Morgan fingerprint density at radius 3 is 1.93 bits per heavy atom. The zero-order valence-corrected chi connectivity index (χ0v) is 17.8. The van der Waals surface area contributed by atoms with Gasteiger partial charge < -0.3 is 19.7 Å². The monoisotopic (exact) mass is 398 g/mol. The van der Waals surface area contributed by atoms with Crippen molar-refractivity contribution in [3.63, 3.8) is 0 Å². The second-order valence-electron chi connectivity index (χ2n) is 6.98. The predicted molar refractivity (Wildman–Crippen MR) is 105 cm³/mol. The van der Waals surface area contributed by atoms with Gasteiger partial charge in [-0.2, -0.15) is 0 Å². The van der Waals surface area contributed by atoms with Crippen molar-refractivity contribution in [2.24, 2.45) is 0 Å². The highest BCUT2D eigenvalue weighted by Gasteiger charge is 2.36. The Balaban J connectivity index is 2.66. The van der Waals surface area contributed by atoms with E-state index in [2.05, 4.69) is 10.6 Å². The molecule has 0 saturated carbocycles. The first kappa shape index (κ1) is 23.3. The van der Waals surface area contributed by atoms with E-state index in [1.165, 1.54) is 0 Å². The fraction of sp³-hybridized carbons (Fsp3) is 0.579. The lowest BCUT2D eigenvalue weighted by molar-refractivity contribution is -0.128. The summed E-state index contributed by atoms with van der Waals surface area (Å²) in [5.41, 5.74) is 0.858. The molecule has 2 N–H and O–H groups in total. The van der Waals surface area contributed by atoms with Crippen LogP contribution in [0.5, 0.6) is 0 Å². The predicted octanol–water partition coefficient (Wildman–Crippen LogP) is 3.24. The first-order valence-electron chi connectivity index (χ1n) is 9.13. The molecular formula is C19H31N2O5P. The third-order valence-corrected chi connectivity index (χ3v) is 6.03. The Morgan fingerprint density at radius 2 is 1.44 bits per heavy atom. The Kier molecular flexibility index (Phi) is 9.16. The topological polar surface area (TPSA) is 93.7 Å². The Morgan fingerprint density at radius 1 is 0.926 bits per heavy atom. The zero-order valence-electron chi connectivity index (χ0n) is 16.9. The van der Waals surface area contributed by atoms with Gasteiger partial charge in [-0.05, 0) is 47.1 Å². The van der Waals surface area contributed by atoms with Crippen molar-refractivity contribution in [3.8, 4) is 0 Å². The van der Waals surface area contributed by atoms with Crippen LogP contribution < -0.4 is 10.6 Å². The minimum Gasteiger partial charge on any atom is -0.344 e. The zero-order chi connectivity index (χ0) is 20.6. The molecule has 0 fully saturated rings. The highest BCUT2D eigenvalue weighted by molar-refractivity contribution is 7.54. The maximum Gasteiger partial charge on any atom is 0.352 e. The Labute approximate surface area is 161 Å². The second-order valence-corrected chi connectivity index (χ2v) is 9.26. The van der Waals surface area contributed by atoms with Gasteiger partial charge in [0, 0.05) is 0 Å². The summed E-state index contributed by atoms with van der Waals surface area (Å²) >= 11 is 0. The van der Waals surface area contributed by atoms with Crippen LogP contribution in [0.25, 0.3) is 0 Å². The first-order chi connectivity index (χ1) is 12.5. The average Bonchev–Trinajstić information content (AvgIpc) is 2.53. The molecule has 1 aromatic rings. The lowest BCUT2D eigenvalue weighted by Gasteiger charge is -2.29. The molecule has 0 spiro atoms. The lowest BCUT2D eigenvalue weighted by Crippen LogP contribution is -2.48. The van der Waals surface area contributed by atoms with Crippen molar-refractivity contribution >= 4 is 19.4 Å². The van der Waals surface area contributed by atoms with Crippen LogP contribution >= 0.6 is 7.60 Å². The van der Waals surface area contributed by atoms with E-state index in [1.54, 1.807) is 41.5 Å². The maximum absolute atomic E-state index is 13.0. The van der Waals surface area contributed by atoms with Gasteiger partial charge in [0.2, 0.25) is 11.8 Å². The second kappa shape index (κ2) is 10.6. The molecule has 0 saturated heterocycles. The number of hydrogen-bond donors (Lipinski definition) is 2. The summed E-state index contributed by atoms with van der Waals surface area (Å²) in [6, 6.07) is 8.47. The molecule has 1 aromatic carbocycles. The molecule has 27 heavy (non-hydrogen) atoms. The van der Waals surface area contributed by atoms with Gasteiger partial charge in [0.25, 0.3) is 0 Å². The third-order valence-electron chi connectivity index (χ3n) is 3.52. The van der Waals surface area contributed by atoms with Gasteiger partial charge in [-0.15, -0.1) is 0 Å². The highest BCUT2D eigenvalue weighted by Crippen LogP contribution is 2.53. The fourth-order valence-electron chi connectivity index (χ4n) is 2.34. The molecule has 7 nitrogen and oxygen atoms in total. The van der Waals surface area contributed by atoms with Crippen molar-refractivity contribution in [1.82, 2.24) is 10.6 Å². The van der Waals surface area contributed by atoms with Gasteiger partial charge in [-0.3, -0.25) is 14.2 Å². The van der Waals surface area contributed by atoms with Gasteiger partial charge >= 0.3 is 7.60 Å². The minimum absolute atomic E-state index is 0.180. The quantitative estimate of drug-likeness (QED) is 0.590. The van der Waals surface area contributed by atoms with Crippen molar-refractivity contribution in [3.05, 3.63) is 35.9 Å². The van der Waals surface area contributed by atoms with E-state index in [-0.39, 0.29) is 24.5 Å². The number of carbonyl (C=O) groups is 2. The number of carbonyl (C=O) groups excluding carboxylic acids is 2. The van der Waals surface area contributed by atoms with Gasteiger partial charge in [0.15, 0.2) is 0 Å². The Bertz CT molecular complexity index is 649. The molecule has 0 unspecified atom stereocenters. The van der Waals surface area contributed by atoms with E-state index < -0.39 is 25.3 Å². The SMILES string of the molecule is CC(C)OP(=O)(OC(C)C)[C@H](C)NC(=O)[C@H](C)NC(=O)Cc1ccccc1. The van der Waals surface area contributed by atoms with Gasteiger partial charge in [0.05, 0.1) is 18.6 Å². The normalized spacial score (nSPS) is 14.1. The van der Waals surface area contributed by atoms with Crippen molar-refractivity contribution in [2.45, 2.75) is 72.0 Å². The standard InChI is InChI=1S/C19H31N2O5P/c1-13(2)25-27(24,26-14(3)4)16(6)21-19(23)15(5)20-18(22)12-17-10-8-7-9-11-17/h7-11,13-16H,12H2,1-6H3,(H,20,22)(H,21,23)/t15-,16+/m0/s1. The lowest BCUT2D eigenvalue weighted by atomic mass is 10.1. The van der Waals surface area contributed by atoms with Gasteiger partial charge in [-0.25, -0.2) is 0 Å². The minimum atomic E-state index is -3.55. The van der Waals surface area contributed by atoms with Crippen LogP contribution in [0.2, 0.25) is 0 Å². The van der Waals surface area contributed by atoms with Crippen LogP contribution in [0.15, 0.2) is 30.3 Å². The highest BCUT2D eigenvalue weighted by atomic mass is 31.2. The van der Waals surface area contributed by atoms with Crippen LogP contribution in [0.4, 0.5) is 0 Å². The summed E-state index contributed by atoms with van der Waals surface area (Å²) in [5, 5.41) is 5.28. The number of rotatable bonds is 10. The molecule has 0 aromatic heterocycles. The van der Waals surface area contributed by atoms with Crippen LogP contribution in [0, 0.1) is 0 Å². The third kappa shape index (κ3) is 8.24. The van der Waals surface area contributed by atoms with E-state index in [0.29, 0.717) is 0 Å². The molecule has 0 aliphatic carbocycles. The molecule has 0 radical (unpaired) electrons. The summed E-state index contributed by atoms with van der Waals surface area (Å²) in [4.78, 5) is 24.5.